The van der Waals surface area contributed by atoms with Gasteiger partial charge in [0.05, 0.1) is 28.3 Å². The van der Waals surface area contributed by atoms with Gasteiger partial charge < -0.3 is 14.5 Å². The van der Waals surface area contributed by atoms with Crippen molar-refractivity contribution in [3.8, 4) is 11.3 Å². The zero-order chi connectivity index (χ0) is 28.7. The van der Waals surface area contributed by atoms with Crippen molar-refractivity contribution in [3.05, 3.63) is 89.7 Å². The molecule has 3 aromatic carbocycles. The van der Waals surface area contributed by atoms with Crippen molar-refractivity contribution in [1.29, 1.82) is 0 Å². The van der Waals surface area contributed by atoms with Crippen LogP contribution in [0, 0.1) is 6.92 Å². The first kappa shape index (κ1) is 26.6. The molecule has 1 amide bonds. The molecule has 6 rings (SSSR count). The van der Waals surface area contributed by atoms with Crippen LogP contribution in [0.25, 0.3) is 33.2 Å². The zero-order valence-corrected chi connectivity index (χ0v) is 23.8. The molecule has 0 bridgehead atoms. The Bertz CT molecular complexity index is 1750. The van der Waals surface area contributed by atoms with Gasteiger partial charge in [-0.1, -0.05) is 48.0 Å². The summed E-state index contributed by atoms with van der Waals surface area (Å²) in [7, 11) is 0. The number of hydrogen-bond donors (Lipinski definition) is 1. The van der Waals surface area contributed by atoms with Gasteiger partial charge in [0.15, 0.2) is 0 Å². The molecule has 2 aromatic heterocycles. The number of aryl methyl sites for hydroxylation is 1. The van der Waals surface area contributed by atoms with E-state index in [1.165, 1.54) is 0 Å². The molecule has 5 aromatic rings. The molecule has 1 saturated heterocycles. The third kappa shape index (κ3) is 5.42. The topological polar surface area (TPSA) is 89.5 Å². The number of likely N-dealkylation sites (tertiary alicyclic amines) is 1. The molecule has 0 unspecified atom stereocenters. The number of H-pyrrole nitrogens is 1. The first-order chi connectivity index (χ1) is 19.7. The fourth-order valence-electron chi connectivity index (χ4n) is 5.47. The van der Waals surface area contributed by atoms with Crippen molar-refractivity contribution in [3.63, 3.8) is 0 Å². The number of amides is 1. The number of nitrogens with one attached hydrogen (secondary N) is 1. The molecule has 41 heavy (non-hydrogen) atoms. The van der Waals surface area contributed by atoms with Crippen molar-refractivity contribution in [1.82, 2.24) is 19.4 Å². The molecular weight excluding hydrogens is 516 g/mol. The molecule has 0 spiro atoms. The lowest BCUT2D eigenvalue weighted by Gasteiger charge is -2.22. The van der Waals surface area contributed by atoms with Gasteiger partial charge in [-0.2, -0.15) is 0 Å². The van der Waals surface area contributed by atoms with Gasteiger partial charge in [-0.05, 0) is 76.4 Å². The van der Waals surface area contributed by atoms with Crippen molar-refractivity contribution in [2.75, 3.05) is 6.54 Å². The van der Waals surface area contributed by atoms with Gasteiger partial charge in [0, 0.05) is 17.5 Å². The van der Waals surface area contributed by atoms with Crippen molar-refractivity contribution >= 4 is 34.1 Å². The number of carbonyl (C=O) groups is 2. The molecule has 8 heteroatoms. The summed E-state index contributed by atoms with van der Waals surface area (Å²) in [5.74, 6) is 0.731. The van der Waals surface area contributed by atoms with E-state index in [-0.39, 0.29) is 18.7 Å². The summed E-state index contributed by atoms with van der Waals surface area (Å²) in [4.78, 5) is 36.4. The van der Waals surface area contributed by atoms with E-state index in [4.69, 9.17) is 14.5 Å². The Labute approximate surface area is 238 Å². The summed E-state index contributed by atoms with van der Waals surface area (Å²) >= 11 is 0. The maximum Gasteiger partial charge on any atom is 0.419 e. The van der Waals surface area contributed by atoms with Gasteiger partial charge in [0.25, 0.3) is 0 Å². The third-order valence-electron chi connectivity index (χ3n) is 7.34. The number of ether oxygens (including phenoxy) is 2. The number of benzene rings is 3. The highest BCUT2D eigenvalue weighted by molar-refractivity contribution is 5.97. The number of hydrogen-bond acceptors (Lipinski definition) is 5. The summed E-state index contributed by atoms with van der Waals surface area (Å²) in [6.07, 6.45) is 0.918. The lowest BCUT2D eigenvalue weighted by Crippen LogP contribution is -2.31. The van der Waals surface area contributed by atoms with E-state index in [1.807, 2.05) is 94.4 Å². The lowest BCUT2D eigenvalue weighted by molar-refractivity contribution is 0.0547. The minimum atomic E-state index is -0.633. The Hall–Kier alpha value is -4.59. The van der Waals surface area contributed by atoms with Crippen molar-refractivity contribution in [2.24, 2.45) is 0 Å². The zero-order valence-electron chi connectivity index (χ0n) is 23.8. The number of nitrogens with zero attached hydrogens (tertiary/aromatic N) is 3. The van der Waals surface area contributed by atoms with Crippen LogP contribution in [0.1, 0.15) is 56.6 Å². The first-order valence-electron chi connectivity index (χ1n) is 14.0. The molecule has 0 radical (unpaired) electrons. The van der Waals surface area contributed by atoms with Crippen LogP contribution >= 0.6 is 0 Å². The monoisotopic (exact) mass is 550 g/mol. The smallest absolute Gasteiger partial charge is 0.419 e. The van der Waals surface area contributed by atoms with E-state index in [0.717, 1.165) is 63.0 Å². The Morgan fingerprint density at radius 1 is 1.00 bits per heavy atom. The summed E-state index contributed by atoms with van der Waals surface area (Å²) in [6, 6.07) is 23.4. The minimum absolute atomic E-state index is 0.190. The predicted octanol–water partition coefficient (Wildman–Crippen LogP) is 7.75. The van der Waals surface area contributed by atoms with Crippen LogP contribution in [0.2, 0.25) is 0 Å². The summed E-state index contributed by atoms with van der Waals surface area (Å²) in [6.45, 7) is 8.48. The molecule has 0 saturated carbocycles. The molecule has 8 nitrogen and oxygen atoms in total. The van der Waals surface area contributed by atoms with Gasteiger partial charge in [0.2, 0.25) is 0 Å². The van der Waals surface area contributed by atoms with E-state index < -0.39 is 11.7 Å². The van der Waals surface area contributed by atoms with Crippen LogP contribution in [-0.4, -0.2) is 43.8 Å². The fourth-order valence-corrected chi connectivity index (χ4v) is 5.47. The van der Waals surface area contributed by atoms with Crippen LogP contribution in [-0.2, 0) is 16.1 Å². The maximum atomic E-state index is 13.4. The van der Waals surface area contributed by atoms with E-state index in [1.54, 1.807) is 9.47 Å². The van der Waals surface area contributed by atoms with Crippen LogP contribution in [0.15, 0.2) is 72.8 Å². The Kier molecular flexibility index (Phi) is 6.77. The van der Waals surface area contributed by atoms with E-state index in [0.29, 0.717) is 6.54 Å². The number of imidazole rings is 1. The summed E-state index contributed by atoms with van der Waals surface area (Å²) in [5.41, 5.74) is 5.43. The maximum absolute atomic E-state index is 13.4. The molecule has 1 fully saturated rings. The van der Waals surface area contributed by atoms with Gasteiger partial charge >= 0.3 is 12.2 Å². The number of fused-ring (bicyclic) bond motifs is 2. The highest BCUT2D eigenvalue weighted by Crippen LogP contribution is 2.35. The van der Waals surface area contributed by atoms with Crippen LogP contribution in [0.3, 0.4) is 0 Å². The predicted molar refractivity (Wildman–Crippen MR) is 159 cm³/mol. The molecule has 1 atom stereocenters. The molecular formula is C33H34N4O4. The highest BCUT2D eigenvalue weighted by atomic mass is 16.6. The molecule has 210 valence electrons. The van der Waals surface area contributed by atoms with E-state index in [9.17, 15) is 9.59 Å². The van der Waals surface area contributed by atoms with Crippen LogP contribution in [0.4, 0.5) is 9.59 Å². The van der Waals surface area contributed by atoms with Gasteiger partial charge in [-0.15, -0.1) is 0 Å². The fraction of sp³-hybridized carbons (Fsp3) is 0.303. The van der Waals surface area contributed by atoms with E-state index >= 15 is 0 Å². The second-order valence-electron chi connectivity index (χ2n) is 11.7. The minimum Gasteiger partial charge on any atom is -0.445 e. The average molecular weight is 551 g/mol. The number of aromatic amines is 1. The van der Waals surface area contributed by atoms with Crippen molar-refractivity contribution < 1.29 is 19.1 Å². The molecule has 1 aliphatic heterocycles. The lowest BCUT2D eigenvalue weighted by atomic mass is 10.1. The van der Waals surface area contributed by atoms with Gasteiger partial charge in [-0.25, -0.2) is 19.1 Å². The average Bonchev–Trinajstić information content (AvgIpc) is 3.67. The molecule has 3 heterocycles. The van der Waals surface area contributed by atoms with E-state index in [2.05, 4.69) is 11.1 Å². The van der Waals surface area contributed by atoms with Gasteiger partial charge in [-0.3, -0.25) is 4.90 Å². The van der Waals surface area contributed by atoms with Gasteiger partial charge in [0.1, 0.15) is 18.0 Å². The second-order valence-corrected chi connectivity index (χ2v) is 11.7. The normalized spacial score (nSPS) is 15.5. The molecule has 0 aliphatic carbocycles. The Balaban J connectivity index is 1.31. The van der Waals surface area contributed by atoms with Crippen LogP contribution < -0.4 is 0 Å². The number of aromatic nitrogens is 3. The standard InChI is InChI=1S/C33H34N4O4/c1-21-12-15-27-24(17-21)19-29(37(27)32(39)41-33(2,3)4)23-13-14-25-26(18-23)35-30(34-25)28-11-8-16-36(28)31(38)40-20-22-9-6-5-7-10-22/h5-7,9-10,12-15,17-19,28H,8,11,16,20H2,1-4H3,(H,34,35)/t28-/m0/s1. The first-order valence-corrected chi connectivity index (χ1v) is 14.0. The Morgan fingerprint density at radius 2 is 1.80 bits per heavy atom. The SMILES string of the molecule is Cc1ccc2c(c1)cc(-c1ccc3[nH]c([C@@H]4CCCN4C(=O)OCc4ccccc4)nc3c1)n2C(=O)OC(C)(C)C. The summed E-state index contributed by atoms with van der Waals surface area (Å²) < 4.78 is 13.0. The highest BCUT2D eigenvalue weighted by Gasteiger charge is 2.33. The largest absolute Gasteiger partial charge is 0.445 e. The second kappa shape index (κ2) is 10.4. The van der Waals surface area contributed by atoms with Crippen LogP contribution in [0.5, 0.6) is 0 Å². The third-order valence-corrected chi connectivity index (χ3v) is 7.34. The number of rotatable bonds is 4. The molecule has 1 N–H and O–H groups in total. The Morgan fingerprint density at radius 3 is 2.59 bits per heavy atom. The quantitative estimate of drug-likeness (QED) is 0.247. The summed E-state index contributed by atoms with van der Waals surface area (Å²) in [5, 5.41) is 0.962. The molecule has 1 aliphatic rings. The van der Waals surface area contributed by atoms with Crippen molar-refractivity contribution in [2.45, 2.75) is 58.8 Å². The number of carbonyl (C=O) groups excluding carboxylic acids is 2.